The second-order valence-corrected chi connectivity index (χ2v) is 8.58. The third-order valence-corrected chi connectivity index (χ3v) is 6.07. The summed E-state index contributed by atoms with van der Waals surface area (Å²) in [6.07, 6.45) is 0. The lowest BCUT2D eigenvalue weighted by Crippen LogP contribution is -2.05. The molecule has 0 saturated carbocycles. The topological polar surface area (TPSA) is 146 Å². The molecular weight excluding hydrogens is 494 g/mol. The summed E-state index contributed by atoms with van der Waals surface area (Å²) in [6.45, 7) is 1.76. The van der Waals surface area contributed by atoms with Crippen molar-refractivity contribution in [2.45, 2.75) is 11.8 Å². The molecule has 5 rings (SSSR count). The van der Waals surface area contributed by atoms with Crippen LogP contribution in [0.3, 0.4) is 0 Å². The molecule has 0 bridgehead atoms. The highest BCUT2D eigenvalue weighted by atomic mass is 32.2. The largest absolute Gasteiger partial charge is 0.505 e. The molecule has 0 radical (unpaired) electrons. The van der Waals surface area contributed by atoms with Crippen molar-refractivity contribution < 1.29 is 19.7 Å². The molecule has 186 valence electrons. The molecule has 0 aliphatic rings. The van der Waals surface area contributed by atoms with Gasteiger partial charge in [-0.05, 0) is 47.3 Å². The molecule has 1 aromatic heterocycles. The Labute approximate surface area is 215 Å². The van der Waals surface area contributed by atoms with E-state index in [-0.39, 0.29) is 11.4 Å². The van der Waals surface area contributed by atoms with Crippen LogP contribution in [-0.2, 0) is 9.37 Å². The fourth-order valence-electron chi connectivity index (χ4n) is 3.83. The number of rotatable bonds is 8. The highest BCUT2D eigenvalue weighted by Crippen LogP contribution is 2.46. The van der Waals surface area contributed by atoms with Gasteiger partial charge in [0, 0.05) is 12.4 Å². The van der Waals surface area contributed by atoms with Crippen LogP contribution < -0.4 is 10.6 Å². The smallest absolute Gasteiger partial charge is 0.232 e. The van der Waals surface area contributed by atoms with E-state index in [1.165, 1.54) is 0 Å². The zero-order valence-corrected chi connectivity index (χ0v) is 20.5. The number of anilines is 3. The van der Waals surface area contributed by atoms with Gasteiger partial charge in [0.25, 0.3) is 0 Å². The minimum absolute atomic E-state index is 0.125. The third kappa shape index (κ3) is 5.27. The number of hydrogen-bond donors (Lipinski definition) is 4. The molecule has 0 aliphatic carbocycles. The second-order valence-electron chi connectivity index (χ2n) is 7.84. The lowest BCUT2D eigenvalue weighted by atomic mass is 10.1. The molecule has 0 unspecified atom stereocenters. The molecule has 4 N–H and O–H groups in total. The van der Waals surface area contributed by atoms with Crippen molar-refractivity contribution in [3.63, 3.8) is 0 Å². The van der Waals surface area contributed by atoms with Crippen LogP contribution in [0.1, 0.15) is 5.82 Å². The highest BCUT2D eigenvalue weighted by Gasteiger charge is 2.18. The summed E-state index contributed by atoms with van der Waals surface area (Å²) < 4.78 is 4.65. The highest BCUT2D eigenvalue weighted by molar-refractivity contribution is 7.94. The SMILES string of the molecule is CNc1nc(C)nc(Nc2cccc3cc(SOOO)c(/N=N/c4ccc5ccccc5c4)c(O)c23)n1. The summed E-state index contributed by atoms with van der Waals surface area (Å²) in [4.78, 5) is 13.2. The van der Waals surface area contributed by atoms with E-state index in [0.29, 0.717) is 56.8 Å². The van der Waals surface area contributed by atoms with Crippen molar-refractivity contribution in [1.29, 1.82) is 0 Å². The molecule has 0 fully saturated rings. The van der Waals surface area contributed by atoms with E-state index in [1.807, 2.05) is 54.6 Å². The van der Waals surface area contributed by atoms with Gasteiger partial charge in [0.1, 0.15) is 11.5 Å². The van der Waals surface area contributed by atoms with Crippen molar-refractivity contribution >= 4 is 62.5 Å². The quantitative estimate of drug-likeness (QED) is 0.0751. The average molecular weight is 516 g/mol. The van der Waals surface area contributed by atoms with Crippen molar-refractivity contribution in [3.8, 4) is 5.75 Å². The van der Waals surface area contributed by atoms with Crippen LogP contribution in [0.25, 0.3) is 21.5 Å². The van der Waals surface area contributed by atoms with E-state index in [1.54, 1.807) is 26.1 Å². The van der Waals surface area contributed by atoms with Crippen molar-refractivity contribution in [2.24, 2.45) is 10.2 Å². The summed E-state index contributed by atoms with van der Waals surface area (Å²) in [6, 6.07) is 20.7. The zero-order valence-electron chi connectivity index (χ0n) is 19.7. The fourth-order valence-corrected chi connectivity index (χ4v) is 4.33. The fraction of sp³-hybridized carbons (Fsp3) is 0.0800. The van der Waals surface area contributed by atoms with Crippen LogP contribution in [-0.4, -0.2) is 32.4 Å². The molecule has 5 aromatic rings. The Bertz CT molecular complexity index is 1630. The number of phenols is 1. The number of nitrogens with one attached hydrogen (secondary N) is 2. The van der Waals surface area contributed by atoms with E-state index >= 15 is 0 Å². The van der Waals surface area contributed by atoms with Gasteiger partial charge in [0.2, 0.25) is 11.9 Å². The Morgan fingerprint density at radius 3 is 2.46 bits per heavy atom. The molecule has 4 aromatic carbocycles. The Hall–Kier alpha value is -4.36. The van der Waals surface area contributed by atoms with E-state index < -0.39 is 0 Å². The molecule has 0 aliphatic heterocycles. The van der Waals surface area contributed by atoms with E-state index in [9.17, 15) is 5.11 Å². The van der Waals surface area contributed by atoms with Crippen molar-refractivity contribution in [3.05, 3.63) is 72.6 Å². The summed E-state index contributed by atoms with van der Waals surface area (Å²) >= 11 is 0.683. The first kappa shape index (κ1) is 24.3. The summed E-state index contributed by atoms with van der Waals surface area (Å²) in [5.74, 6) is 1.08. The lowest BCUT2D eigenvalue weighted by Gasteiger charge is -2.14. The van der Waals surface area contributed by atoms with Gasteiger partial charge in [-0.25, -0.2) is 5.26 Å². The minimum Gasteiger partial charge on any atom is -0.505 e. The molecular formula is C25H21N7O4S. The van der Waals surface area contributed by atoms with Crippen LogP contribution in [0.15, 0.2) is 81.9 Å². The van der Waals surface area contributed by atoms with Gasteiger partial charge < -0.3 is 15.7 Å². The summed E-state index contributed by atoms with van der Waals surface area (Å²) in [5, 5.41) is 41.7. The monoisotopic (exact) mass is 515 g/mol. The number of nitrogens with zero attached hydrogens (tertiary/aromatic N) is 5. The third-order valence-electron chi connectivity index (χ3n) is 5.45. The molecule has 11 nitrogen and oxygen atoms in total. The van der Waals surface area contributed by atoms with Crippen LogP contribution in [0.4, 0.5) is 29.0 Å². The van der Waals surface area contributed by atoms with Crippen LogP contribution >= 0.6 is 12.0 Å². The van der Waals surface area contributed by atoms with Gasteiger partial charge in [-0.1, -0.05) is 47.5 Å². The van der Waals surface area contributed by atoms with Gasteiger partial charge in [-0.2, -0.15) is 20.1 Å². The first-order valence-electron chi connectivity index (χ1n) is 11.1. The first-order chi connectivity index (χ1) is 18.1. The van der Waals surface area contributed by atoms with E-state index in [2.05, 4.69) is 45.2 Å². The number of phenolic OH excluding ortho intramolecular Hbond substituents is 1. The van der Waals surface area contributed by atoms with Crippen LogP contribution in [0.5, 0.6) is 5.75 Å². The van der Waals surface area contributed by atoms with E-state index in [0.717, 1.165) is 10.8 Å². The van der Waals surface area contributed by atoms with E-state index in [4.69, 9.17) is 5.26 Å². The number of aromatic nitrogens is 3. The Morgan fingerprint density at radius 1 is 0.865 bits per heavy atom. The normalized spacial score (nSPS) is 11.4. The Kier molecular flexibility index (Phi) is 7.05. The van der Waals surface area contributed by atoms with Crippen LogP contribution in [0, 0.1) is 6.92 Å². The Morgan fingerprint density at radius 2 is 1.65 bits per heavy atom. The molecule has 0 saturated heterocycles. The number of azo groups is 1. The molecule has 0 atom stereocenters. The lowest BCUT2D eigenvalue weighted by molar-refractivity contribution is -0.432. The maximum atomic E-state index is 11.4. The van der Waals surface area contributed by atoms with Crippen molar-refractivity contribution in [1.82, 2.24) is 15.0 Å². The number of benzene rings is 4. The predicted molar refractivity (Wildman–Crippen MR) is 142 cm³/mol. The first-order valence-corrected chi connectivity index (χ1v) is 11.8. The standard InChI is InChI=1S/C25H21N7O4S/c1-14-27-24(26-2)30-25(28-14)29-19-9-5-8-17-13-20(37-36-35-34)22(23(33)21(17)19)32-31-18-11-10-15-6-3-4-7-16(15)12-18/h3-13,33-34H,1-2H3,(H2,26,27,28,29,30)/b32-31+. The van der Waals surface area contributed by atoms with Crippen LogP contribution in [0.2, 0.25) is 0 Å². The van der Waals surface area contributed by atoms with Crippen molar-refractivity contribution in [2.75, 3.05) is 17.7 Å². The Balaban J connectivity index is 1.60. The molecule has 0 amide bonds. The second kappa shape index (κ2) is 10.7. The molecule has 0 spiro atoms. The minimum atomic E-state index is -0.159. The summed E-state index contributed by atoms with van der Waals surface area (Å²) in [7, 11) is 1.71. The average Bonchev–Trinajstić information content (AvgIpc) is 2.91. The predicted octanol–water partition coefficient (Wildman–Crippen LogP) is 6.82. The maximum Gasteiger partial charge on any atom is 0.232 e. The van der Waals surface area contributed by atoms with Gasteiger partial charge in [-0.15, -0.1) is 9.45 Å². The maximum absolute atomic E-state index is 11.4. The number of fused-ring (bicyclic) bond motifs is 2. The van der Waals surface area contributed by atoms with Gasteiger partial charge in [0.05, 0.1) is 28.3 Å². The summed E-state index contributed by atoms with van der Waals surface area (Å²) in [5.41, 5.74) is 1.26. The van der Waals surface area contributed by atoms with Gasteiger partial charge >= 0.3 is 0 Å². The number of hydrogen-bond acceptors (Lipinski definition) is 12. The molecule has 1 heterocycles. The van der Waals surface area contributed by atoms with Gasteiger partial charge in [-0.3, -0.25) is 0 Å². The zero-order chi connectivity index (χ0) is 25.8. The molecule has 12 heteroatoms. The number of aryl methyl sites for hydroxylation is 1. The molecule has 37 heavy (non-hydrogen) atoms. The number of aromatic hydroxyl groups is 1. The van der Waals surface area contributed by atoms with Gasteiger partial charge in [0.15, 0.2) is 5.75 Å².